The Labute approximate surface area is 251 Å². The van der Waals surface area contributed by atoms with Gasteiger partial charge in [0.2, 0.25) is 11.8 Å². The Balaban J connectivity index is 0.00000248. The van der Waals surface area contributed by atoms with Crippen molar-refractivity contribution in [2.24, 2.45) is 0 Å². The first-order valence-electron chi connectivity index (χ1n) is 13.9. The average molecular weight is 588 g/mol. The van der Waals surface area contributed by atoms with Gasteiger partial charge >= 0.3 is 12.0 Å². The van der Waals surface area contributed by atoms with Crippen molar-refractivity contribution in [1.82, 2.24) is 4.90 Å². The maximum Gasteiger partial charge on any atom is 0.323 e. The van der Waals surface area contributed by atoms with Crippen molar-refractivity contribution < 1.29 is 29.1 Å². The molecule has 11 heteroatoms. The molecule has 0 spiro atoms. The van der Waals surface area contributed by atoms with E-state index in [0.29, 0.717) is 22.7 Å². The van der Waals surface area contributed by atoms with Crippen molar-refractivity contribution in [3.63, 3.8) is 0 Å². The SMILES string of the molecule is CC.Cc1ccccc1NC(=O)Nc1ccc(CC(=O)N(C)c2ccc3c(c2)C(=O)N(CCC(=O)O)CC(=O)N3C)cc1. The molecule has 4 rings (SSSR count). The Kier molecular flexibility index (Phi) is 11.0. The van der Waals surface area contributed by atoms with Crippen LogP contribution < -0.4 is 20.4 Å². The number of carboxylic acids is 1. The van der Waals surface area contributed by atoms with Gasteiger partial charge in [-0.05, 0) is 54.4 Å². The molecule has 0 aliphatic carbocycles. The van der Waals surface area contributed by atoms with Gasteiger partial charge < -0.3 is 30.4 Å². The van der Waals surface area contributed by atoms with Crippen LogP contribution in [0.15, 0.2) is 66.7 Å². The predicted octanol–water partition coefficient (Wildman–Crippen LogP) is 4.76. The van der Waals surface area contributed by atoms with Gasteiger partial charge in [0.05, 0.1) is 24.1 Å². The number of hydrogen-bond acceptors (Lipinski definition) is 5. The maximum absolute atomic E-state index is 13.2. The molecule has 1 aliphatic heterocycles. The van der Waals surface area contributed by atoms with Gasteiger partial charge in [-0.1, -0.05) is 44.2 Å². The third-order valence-corrected chi connectivity index (χ3v) is 6.88. The number of aliphatic carboxylic acids is 1. The number of carbonyl (C=O) groups is 5. The van der Waals surface area contributed by atoms with E-state index in [2.05, 4.69) is 10.6 Å². The fourth-order valence-corrected chi connectivity index (χ4v) is 4.39. The number of urea groups is 1. The lowest BCUT2D eigenvalue weighted by molar-refractivity contribution is -0.137. The first-order chi connectivity index (χ1) is 20.5. The second-order valence-corrected chi connectivity index (χ2v) is 9.75. The lowest BCUT2D eigenvalue weighted by Crippen LogP contribution is -2.38. The normalized spacial score (nSPS) is 12.4. The molecule has 226 valence electrons. The molecular formula is C32H37N5O6. The van der Waals surface area contributed by atoms with Crippen LogP contribution >= 0.6 is 0 Å². The fraction of sp³-hybridized carbons (Fsp3) is 0.281. The highest BCUT2D eigenvalue weighted by Gasteiger charge is 2.30. The molecule has 0 radical (unpaired) electrons. The summed E-state index contributed by atoms with van der Waals surface area (Å²) < 4.78 is 0. The summed E-state index contributed by atoms with van der Waals surface area (Å²) in [5, 5.41) is 14.6. The van der Waals surface area contributed by atoms with Crippen molar-refractivity contribution in [1.29, 1.82) is 0 Å². The maximum atomic E-state index is 13.2. The molecule has 5 amide bonds. The number of amides is 5. The van der Waals surface area contributed by atoms with Gasteiger partial charge in [-0.15, -0.1) is 0 Å². The second kappa shape index (κ2) is 14.6. The van der Waals surface area contributed by atoms with E-state index >= 15 is 0 Å². The van der Waals surface area contributed by atoms with Gasteiger partial charge in [0, 0.05) is 37.7 Å². The zero-order chi connectivity index (χ0) is 31.7. The number of benzene rings is 3. The Hall–Kier alpha value is -5.19. The van der Waals surface area contributed by atoms with Crippen LogP contribution in [0.1, 0.15) is 41.8 Å². The largest absolute Gasteiger partial charge is 0.481 e. The van der Waals surface area contributed by atoms with E-state index < -0.39 is 11.9 Å². The molecule has 0 unspecified atom stereocenters. The van der Waals surface area contributed by atoms with E-state index in [-0.39, 0.29) is 49.3 Å². The molecule has 0 saturated heterocycles. The van der Waals surface area contributed by atoms with Crippen molar-refractivity contribution in [2.75, 3.05) is 47.6 Å². The van der Waals surface area contributed by atoms with Crippen molar-refractivity contribution in [2.45, 2.75) is 33.6 Å². The van der Waals surface area contributed by atoms with E-state index in [1.807, 2.05) is 45.0 Å². The van der Waals surface area contributed by atoms with Gasteiger partial charge in [-0.2, -0.15) is 0 Å². The molecule has 0 saturated carbocycles. The van der Waals surface area contributed by atoms with Crippen LogP contribution in [0.4, 0.5) is 27.5 Å². The van der Waals surface area contributed by atoms with Gasteiger partial charge in [-0.3, -0.25) is 19.2 Å². The number of likely N-dealkylation sites (N-methyl/N-ethyl adjacent to an activating group) is 2. The number of hydrogen-bond donors (Lipinski definition) is 3. The van der Waals surface area contributed by atoms with Crippen molar-refractivity contribution in [3.05, 3.63) is 83.4 Å². The van der Waals surface area contributed by atoms with E-state index in [0.717, 1.165) is 11.1 Å². The van der Waals surface area contributed by atoms with Crippen LogP contribution in [-0.4, -0.2) is 66.9 Å². The first-order valence-corrected chi connectivity index (χ1v) is 13.9. The Bertz CT molecular complexity index is 1500. The van der Waals surface area contributed by atoms with Crippen LogP contribution in [0.5, 0.6) is 0 Å². The minimum Gasteiger partial charge on any atom is -0.481 e. The average Bonchev–Trinajstić information content (AvgIpc) is 3.08. The number of carbonyl (C=O) groups excluding carboxylic acids is 4. The minimum atomic E-state index is -1.07. The van der Waals surface area contributed by atoms with Crippen LogP contribution in [0, 0.1) is 6.92 Å². The summed E-state index contributed by atoms with van der Waals surface area (Å²) in [6.07, 6.45) is -0.220. The number of nitrogens with one attached hydrogen (secondary N) is 2. The summed E-state index contributed by atoms with van der Waals surface area (Å²) >= 11 is 0. The number of carboxylic acid groups (broad SMARTS) is 1. The molecule has 1 aliphatic rings. The van der Waals surface area contributed by atoms with Gasteiger partial charge in [-0.25, -0.2) is 4.79 Å². The van der Waals surface area contributed by atoms with Gasteiger partial charge in [0.15, 0.2) is 0 Å². The number of aryl methyl sites for hydroxylation is 1. The van der Waals surface area contributed by atoms with E-state index in [9.17, 15) is 24.0 Å². The summed E-state index contributed by atoms with van der Waals surface area (Å²) in [5.74, 6) is -2.13. The monoisotopic (exact) mass is 587 g/mol. The molecule has 3 aromatic carbocycles. The molecule has 3 aromatic rings. The predicted molar refractivity (Wildman–Crippen MR) is 167 cm³/mol. The minimum absolute atomic E-state index is 0.0698. The highest BCUT2D eigenvalue weighted by atomic mass is 16.4. The molecule has 1 heterocycles. The lowest BCUT2D eigenvalue weighted by atomic mass is 10.1. The summed E-state index contributed by atoms with van der Waals surface area (Å²) in [6.45, 7) is 5.56. The molecule has 11 nitrogen and oxygen atoms in total. The van der Waals surface area contributed by atoms with Crippen molar-refractivity contribution >= 4 is 52.5 Å². The van der Waals surface area contributed by atoms with Crippen molar-refractivity contribution in [3.8, 4) is 0 Å². The van der Waals surface area contributed by atoms with Crippen LogP contribution in [0.2, 0.25) is 0 Å². The first kappa shape index (κ1) is 32.3. The summed E-state index contributed by atoms with van der Waals surface area (Å²) in [4.78, 5) is 66.3. The van der Waals surface area contributed by atoms with Gasteiger partial charge in [0.25, 0.3) is 5.91 Å². The summed E-state index contributed by atoms with van der Waals surface area (Å²) in [5.41, 5.74) is 3.99. The number of para-hydroxylation sites is 1. The molecule has 43 heavy (non-hydrogen) atoms. The molecular weight excluding hydrogens is 550 g/mol. The highest BCUT2D eigenvalue weighted by molar-refractivity contribution is 6.10. The van der Waals surface area contributed by atoms with E-state index in [1.54, 1.807) is 56.6 Å². The quantitative estimate of drug-likeness (QED) is 0.347. The Morgan fingerprint density at radius 1 is 0.953 bits per heavy atom. The van der Waals surface area contributed by atoms with Crippen LogP contribution in [0.3, 0.4) is 0 Å². The number of rotatable bonds is 8. The van der Waals surface area contributed by atoms with E-state index in [4.69, 9.17) is 5.11 Å². The second-order valence-electron chi connectivity index (χ2n) is 9.75. The zero-order valence-electron chi connectivity index (χ0n) is 25.0. The highest BCUT2D eigenvalue weighted by Crippen LogP contribution is 2.29. The van der Waals surface area contributed by atoms with Gasteiger partial charge in [0.1, 0.15) is 6.54 Å². The smallest absolute Gasteiger partial charge is 0.323 e. The van der Waals surface area contributed by atoms with Crippen LogP contribution in [-0.2, 0) is 20.8 Å². The van der Waals surface area contributed by atoms with Crippen LogP contribution in [0.25, 0.3) is 0 Å². The molecule has 0 fully saturated rings. The molecule has 0 atom stereocenters. The van der Waals surface area contributed by atoms with E-state index in [1.165, 1.54) is 14.7 Å². The topological polar surface area (TPSA) is 139 Å². The Morgan fingerprint density at radius 2 is 1.63 bits per heavy atom. The molecule has 3 N–H and O–H groups in total. The number of nitrogens with zero attached hydrogens (tertiary/aromatic N) is 3. The molecule has 0 aromatic heterocycles. The summed E-state index contributed by atoms with van der Waals surface area (Å²) in [7, 11) is 3.14. The molecule has 0 bridgehead atoms. The third-order valence-electron chi connectivity index (χ3n) is 6.88. The zero-order valence-corrected chi connectivity index (χ0v) is 25.0. The lowest BCUT2D eigenvalue weighted by Gasteiger charge is -2.21. The standard InChI is InChI=1S/C30H31N5O6.C2H6/c1-19-6-4-5-7-24(19)32-30(41)31-21-10-8-20(9-11-21)16-26(36)33(2)22-12-13-25-23(17-22)29(40)35(15-14-28(38)39)18-27(37)34(25)3;1-2/h4-13,17H,14-16,18H2,1-3H3,(H,38,39)(H2,31,32,41);1-2H3. The Morgan fingerprint density at radius 3 is 2.28 bits per heavy atom. The number of anilines is 4. The fourth-order valence-electron chi connectivity index (χ4n) is 4.39. The third kappa shape index (κ3) is 8.19. The number of fused-ring (bicyclic) bond motifs is 1. The summed E-state index contributed by atoms with van der Waals surface area (Å²) in [6, 6.07) is 18.8.